The van der Waals surface area contributed by atoms with Gasteiger partial charge in [0.15, 0.2) is 0 Å². The highest BCUT2D eigenvalue weighted by Crippen LogP contribution is 2.16. The van der Waals surface area contributed by atoms with Crippen molar-refractivity contribution >= 4 is 38.9 Å². The fraction of sp³-hybridized carbons (Fsp3) is 0.333. The first-order valence-electron chi connectivity index (χ1n) is 9.65. The minimum atomic E-state index is -3.89. The number of thiophene rings is 1. The molecule has 0 unspecified atom stereocenters. The molecule has 0 atom stereocenters. The van der Waals surface area contributed by atoms with E-state index in [0.29, 0.717) is 18.0 Å². The predicted octanol–water partition coefficient (Wildman–Crippen LogP) is 2.95. The number of benzene rings is 1. The molecule has 0 fully saturated rings. The van der Waals surface area contributed by atoms with Crippen LogP contribution in [0.1, 0.15) is 25.1 Å². The second-order valence-electron chi connectivity index (χ2n) is 6.64. The van der Waals surface area contributed by atoms with Crippen LogP contribution in [0.15, 0.2) is 58.5 Å². The van der Waals surface area contributed by atoms with Gasteiger partial charge in [0, 0.05) is 17.5 Å². The SMILES string of the molecule is CC/C=C(/CN(Cc1cccs1)C(=O)CNS(=O)(=O)c1ccc(NC(C)=O)cc1)OC. The Balaban J connectivity index is 2.09. The third kappa shape index (κ3) is 7.82. The number of nitrogens with zero attached hydrogens (tertiary/aromatic N) is 1. The highest BCUT2D eigenvalue weighted by atomic mass is 32.2. The Morgan fingerprint density at radius 3 is 2.45 bits per heavy atom. The first-order valence-corrected chi connectivity index (χ1v) is 12.0. The Kier molecular flexibility index (Phi) is 9.22. The van der Waals surface area contributed by atoms with Gasteiger partial charge in [0.05, 0.1) is 31.6 Å². The molecule has 2 amide bonds. The van der Waals surface area contributed by atoms with Crippen LogP contribution >= 0.6 is 11.3 Å². The van der Waals surface area contributed by atoms with Gasteiger partial charge in [-0.1, -0.05) is 13.0 Å². The van der Waals surface area contributed by atoms with Crippen LogP contribution in [0.5, 0.6) is 0 Å². The average molecular weight is 466 g/mol. The number of hydrogen-bond donors (Lipinski definition) is 2. The summed E-state index contributed by atoms with van der Waals surface area (Å²) in [5, 5.41) is 4.49. The van der Waals surface area contributed by atoms with Gasteiger partial charge in [-0.25, -0.2) is 13.1 Å². The number of allylic oxidation sites excluding steroid dienone is 1. The first kappa shape index (κ1) is 24.6. The summed E-state index contributed by atoms with van der Waals surface area (Å²) < 4.78 is 32.9. The van der Waals surface area contributed by atoms with Gasteiger partial charge in [-0.3, -0.25) is 9.59 Å². The fourth-order valence-corrected chi connectivity index (χ4v) is 4.42. The lowest BCUT2D eigenvalue weighted by Crippen LogP contribution is -2.40. The molecule has 0 aliphatic carbocycles. The summed E-state index contributed by atoms with van der Waals surface area (Å²) in [4.78, 5) is 26.5. The van der Waals surface area contributed by atoms with Crippen LogP contribution < -0.4 is 10.0 Å². The first-order chi connectivity index (χ1) is 14.7. The van der Waals surface area contributed by atoms with Crippen molar-refractivity contribution in [2.45, 2.75) is 31.7 Å². The largest absolute Gasteiger partial charge is 0.500 e. The summed E-state index contributed by atoms with van der Waals surface area (Å²) >= 11 is 1.52. The highest BCUT2D eigenvalue weighted by molar-refractivity contribution is 7.89. The standard InChI is InChI=1S/C21H27N3O5S2/c1-4-6-18(29-3)14-24(15-19-7-5-12-30-19)21(26)13-22-31(27,28)20-10-8-17(9-11-20)23-16(2)25/h5-12,22H,4,13-15H2,1-3H3,(H,23,25)/b18-6-. The second-order valence-corrected chi connectivity index (χ2v) is 9.44. The Morgan fingerprint density at radius 2 is 1.90 bits per heavy atom. The molecule has 0 spiro atoms. The van der Waals surface area contributed by atoms with E-state index in [1.54, 1.807) is 12.0 Å². The van der Waals surface area contributed by atoms with Crippen molar-refractivity contribution in [2.75, 3.05) is 25.5 Å². The van der Waals surface area contributed by atoms with Crippen molar-refractivity contribution in [3.05, 3.63) is 58.5 Å². The monoisotopic (exact) mass is 465 g/mol. The molecule has 2 rings (SSSR count). The minimum Gasteiger partial charge on any atom is -0.500 e. The molecule has 0 aliphatic rings. The third-order valence-corrected chi connectivity index (χ3v) is 6.50. The zero-order chi connectivity index (χ0) is 22.9. The summed E-state index contributed by atoms with van der Waals surface area (Å²) in [6, 6.07) is 9.53. The molecule has 1 heterocycles. The van der Waals surface area contributed by atoms with Gasteiger partial charge in [-0.05, 0) is 48.2 Å². The Hall–Kier alpha value is -2.69. The lowest BCUT2D eigenvalue weighted by Gasteiger charge is -2.23. The molecule has 31 heavy (non-hydrogen) atoms. The normalized spacial score (nSPS) is 11.8. The van der Waals surface area contributed by atoms with Crippen molar-refractivity contribution in [3.8, 4) is 0 Å². The number of carbonyl (C=O) groups excluding carboxylic acids is 2. The molecule has 8 nitrogen and oxygen atoms in total. The molecule has 10 heteroatoms. The Labute approximate surface area is 187 Å². The van der Waals surface area contributed by atoms with Gasteiger partial charge < -0.3 is 15.0 Å². The number of anilines is 1. The molecular formula is C21H27N3O5S2. The average Bonchev–Trinajstić information content (AvgIpc) is 3.24. The van der Waals surface area contributed by atoms with Gasteiger partial charge in [0.1, 0.15) is 5.76 Å². The molecule has 168 valence electrons. The number of amides is 2. The van der Waals surface area contributed by atoms with Crippen molar-refractivity contribution < 1.29 is 22.7 Å². The summed E-state index contributed by atoms with van der Waals surface area (Å²) in [7, 11) is -2.35. The number of methoxy groups -OCH3 is 1. The number of hydrogen-bond acceptors (Lipinski definition) is 6. The minimum absolute atomic E-state index is 0.00247. The molecule has 0 saturated heterocycles. The van der Waals surface area contributed by atoms with Crippen LogP contribution in [0.4, 0.5) is 5.69 Å². The zero-order valence-corrected chi connectivity index (χ0v) is 19.4. The van der Waals surface area contributed by atoms with E-state index >= 15 is 0 Å². The van der Waals surface area contributed by atoms with Gasteiger partial charge in [-0.2, -0.15) is 0 Å². The maximum absolute atomic E-state index is 12.9. The van der Waals surface area contributed by atoms with Crippen LogP contribution in [0.25, 0.3) is 0 Å². The smallest absolute Gasteiger partial charge is 0.241 e. The van der Waals surface area contributed by atoms with Crippen LogP contribution in [0.3, 0.4) is 0 Å². The third-order valence-electron chi connectivity index (χ3n) is 4.22. The Morgan fingerprint density at radius 1 is 1.19 bits per heavy atom. The van der Waals surface area contributed by atoms with Crippen molar-refractivity contribution in [1.29, 1.82) is 0 Å². The fourth-order valence-electron chi connectivity index (χ4n) is 2.72. The topological polar surface area (TPSA) is 105 Å². The van der Waals surface area contributed by atoms with Crippen LogP contribution in [0.2, 0.25) is 0 Å². The number of carbonyl (C=O) groups is 2. The lowest BCUT2D eigenvalue weighted by molar-refractivity contribution is -0.130. The van der Waals surface area contributed by atoms with Crippen molar-refractivity contribution in [1.82, 2.24) is 9.62 Å². The van der Waals surface area contributed by atoms with Crippen molar-refractivity contribution in [3.63, 3.8) is 0 Å². The summed E-state index contributed by atoms with van der Waals surface area (Å²) in [6.07, 6.45) is 2.64. The summed E-state index contributed by atoms with van der Waals surface area (Å²) in [5.74, 6) is 0.0208. The number of rotatable bonds is 11. The number of ether oxygens (including phenoxy) is 1. The molecule has 1 aromatic carbocycles. The molecule has 0 bridgehead atoms. The maximum Gasteiger partial charge on any atom is 0.241 e. The van der Waals surface area contributed by atoms with Gasteiger partial charge in [-0.15, -0.1) is 11.3 Å². The number of sulfonamides is 1. The predicted molar refractivity (Wildman–Crippen MR) is 121 cm³/mol. The van der Waals surface area contributed by atoms with E-state index in [1.165, 1.54) is 42.5 Å². The Bertz CT molecular complexity index is 1000. The lowest BCUT2D eigenvalue weighted by atomic mass is 10.3. The van der Waals surface area contributed by atoms with E-state index in [9.17, 15) is 18.0 Å². The molecule has 1 aromatic heterocycles. The molecule has 2 aromatic rings. The summed E-state index contributed by atoms with van der Waals surface area (Å²) in [6.45, 7) is 3.55. The summed E-state index contributed by atoms with van der Waals surface area (Å²) in [5.41, 5.74) is 0.486. The van der Waals surface area contributed by atoms with Crippen molar-refractivity contribution in [2.24, 2.45) is 0 Å². The molecule has 0 aliphatic heterocycles. The van der Waals surface area contributed by atoms with Gasteiger partial charge in [0.2, 0.25) is 21.8 Å². The highest BCUT2D eigenvalue weighted by Gasteiger charge is 2.21. The van der Waals surface area contributed by atoms with E-state index in [1.807, 2.05) is 30.5 Å². The zero-order valence-electron chi connectivity index (χ0n) is 17.8. The van der Waals surface area contributed by atoms with Gasteiger partial charge >= 0.3 is 0 Å². The molecule has 0 radical (unpaired) electrons. The van der Waals surface area contributed by atoms with E-state index in [-0.39, 0.29) is 29.8 Å². The maximum atomic E-state index is 12.9. The van der Waals surface area contributed by atoms with E-state index in [0.717, 1.165) is 11.3 Å². The van der Waals surface area contributed by atoms with E-state index < -0.39 is 10.0 Å². The molecule has 2 N–H and O–H groups in total. The van der Waals surface area contributed by atoms with Crippen LogP contribution in [0, 0.1) is 0 Å². The van der Waals surface area contributed by atoms with E-state index in [4.69, 9.17) is 4.74 Å². The van der Waals surface area contributed by atoms with Gasteiger partial charge in [0.25, 0.3) is 0 Å². The van der Waals surface area contributed by atoms with Crippen LogP contribution in [-0.4, -0.2) is 45.3 Å². The molecular weight excluding hydrogens is 438 g/mol. The van der Waals surface area contributed by atoms with Crippen LogP contribution in [-0.2, 0) is 30.9 Å². The quantitative estimate of drug-likeness (QED) is 0.497. The molecule has 0 saturated carbocycles. The van der Waals surface area contributed by atoms with E-state index in [2.05, 4.69) is 10.0 Å². The number of nitrogens with one attached hydrogen (secondary N) is 2. The second kappa shape index (κ2) is 11.6.